The fraction of sp³-hybridized carbons (Fsp3) is 0.556. The van der Waals surface area contributed by atoms with Gasteiger partial charge in [0, 0.05) is 12.3 Å². The summed E-state index contributed by atoms with van der Waals surface area (Å²) in [6, 6.07) is 1.15. The number of nitrogens with one attached hydrogen (secondary N) is 1. The molecule has 4 atom stereocenters. The first-order valence-electron chi connectivity index (χ1n) is 7.29. The lowest BCUT2D eigenvalue weighted by Crippen LogP contribution is -2.35. The van der Waals surface area contributed by atoms with Crippen LogP contribution >= 0.6 is 35.1 Å². The number of aliphatic hydroxyl groups excluding tert-OH is 2. The Balaban J connectivity index is 0. The van der Waals surface area contributed by atoms with Gasteiger partial charge in [-0.1, -0.05) is 0 Å². The Hall–Kier alpha value is -0.820. The lowest BCUT2D eigenvalue weighted by molar-refractivity contribution is -0.0457. The zero-order valence-electron chi connectivity index (χ0n) is 15.2. The summed E-state index contributed by atoms with van der Waals surface area (Å²) in [6.45, 7) is -0.404. The first kappa shape index (κ1) is 33.4. The molecule has 0 amide bonds. The summed E-state index contributed by atoms with van der Waals surface area (Å²) >= 11 is 5.91. The van der Waals surface area contributed by atoms with Crippen LogP contribution in [0.15, 0.2) is 21.9 Å². The van der Waals surface area contributed by atoms with Crippen LogP contribution in [0, 0.1) is 0 Å². The maximum atomic E-state index is 11.5. The van der Waals surface area contributed by atoms with Gasteiger partial charge < -0.3 is 59.0 Å². The molecule has 1 aromatic rings. The molecule has 0 radical (unpaired) electrons. The highest BCUT2D eigenvalue weighted by molar-refractivity contribution is 7.45. The Morgan fingerprint density at radius 3 is 1.59 bits per heavy atom. The Bertz CT molecular complexity index is 875. The lowest BCUT2D eigenvalue weighted by Gasteiger charge is -2.15. The van der Waals surface area contributed by atoms with Crippen LogP contribution in [0.5, 0.6) is 0 Å². The molecule has 2 rings (SSSR count). The zero-order chi connectivity index (χ0) is 26.1. The van der Waals surface area contributed by atoms with E-state index in [1.54, 1.807) is 0 Å². The van der Waals surface area contributed by atoms with E-state index in [0.717, 1.165) is 10.6 Å². The molecule has 32 heavy (non-hydrogen) atoms. The molecule has 1 aromatic heterocycles. The van der Waals surface area contributed by atoms with Crippen molar-refractivity contribution in [2.24, 2.45) is 0 Å². The molecule has 12 N–H and O–H groups in total. The number of aromatic amines is 1. The number of aromatic nitrogens is 2. The third-order valence-electron chi connectivity index (χ3n) is 2.60. The minimum absolute atomic E-state index is 0.404. The van der Waals surface area contributed by atoms with Gasteiger partial charge in [-0.2, -0.15) is 0 Å². The predicted octanol–water partition coefficient (Wildman–Crippen LogP) is -4.39. The molecular formula is C9H20ClN2O17P3. The van der Waals surface area contributed by atoms with Gasteiger partial charge in [-0.15, -0.1) is 11.6 Å². The number of nitrogens with zero attached hydrogens (tertiary/aromatic N) is 1. The van der Waals surface area contributed by atoms with Crippen LogP contribution in [-0.2, 0) is 18.4 Å². The quantitative estimate of drug-likeness (QED) is 0.121. The number of rotatable bonds is 2. The van der Waals surface area contributed by atoms with E-state index in [4.69, 9.17) is 79.2 Å². The van der Waals surface area contributed by atoms with Crippen molar-refractivity contribution >= 4 is 35.1 Å². The Labute approximate surface area is 181 Å². The van der Waals surface area contributed by atoms with Crippen molar-refractivity contribution in [2.45, 2.75) is 23.8 Å². The Morgan fingerprint density at radius 1 is 0.938 bits per heavy atom. The third kappa shape index (κ3) is 19.8. The number of alkyl halides is 1. The third-order valence-corrected chi connectivity index (χ3v) is 3.07. The maximum absolute atomic E-state index is 11.5. The van der Waals surface area contributed by atoms with E-state index in [1.165, 1.54) is 6.20 Å². The van der Waals surface area contributed by atoms with Crippen molar-refractivity contribution < 1.29 is 72.7 Å². The van der Waals surface area contributed by atoms with Gasteiger partial charge in [-0.05, 0) is 0 Å². The van der Waals surface area contributed by atoms with E-state index in [9.17, 15) is 14.7 Å². The molecule has 19 nitrogen and oxygen atoms in total. The topological polar surface area (TPSA) is 338 Å². The SMILES string of the molecule is O=P(O)(O)O.O=P(O)(O)O.O=P(O)(O)O.O=c1ccn([C@@H]2O[C@H](CO)[C@@H](O)[C@@H]2Cl)c(=O)[nH]1. The van der Waals surface area contributed by atoms with Crippen LogP contribution in [0.2, 0.25) is 0 Å². The van der Waals surface area contributed by atoms with Crippen molar-refractivity contribution in [3.63, 3.8) is 0 Å². The van der Waals surface area contributed by atoms with Gasteiger partial charge in [-0.25, -0.2) is 18.5 Å². The first-order valence-corrected chi connectivity index (χ1v) is 12.4. The number of aliphatic hydroxyl groups is 2. The summed E-state index contributed by atoms with van der Waals surface area (Å²) in [6.07, 6.45) is -1.62. The molecule has 0 bridgehead atoms. The molecule has 1 saturated heterocycles. The molecule has 1 aliphatic rings. The molecule has 2 heterocycles. The van der Waals surface area contributed by atoms with Gasteiger partial charge in [0.05, 0.1) is 6.61 Å². The lowest BCUT2D eigenvalue weighted by atomic mass is 10.2. The van der Waals surface area contributed by atoms with E-state index in [1.807, 2.05) is 0 Å². The number of phosphoric acid groups is 3. The number of hydrogen-bond donors (Lipinski definition) is 12. The zero-order valence-corrected chi connectivity index (χ0v) is 18.6. The van der Waals surface area contributed by atoms with Crippen molar-refractivity contribution in [3.05, 3.63) is 33.1 Å². The van der Waals surface area contributed by atoms with Crippen LogP contribution in [0.25, 0.3) is 0 Å². The fourth-order valence-corrected chi connectivity index (χ4v) is 2.05. The Kier molecular flexibility index (Phi) is 14.4. The summed E-state index contributed by atoms with van der Waals surface area (Å²) in [4.78, 5) is 89.1. The highest BCUT2D eigenvalue weighted by atomic mass is 35.5. The second kappa shape index (κ2) is 13.8. The summed E-state index contributed by atoms with van der Waals surface area (Å²) in [5.74, 6) is 0. The minimum atomic E-state index is -4.64. The summed E-state index contributed by atoms with van der Waals surface area (Å²) < 4.78 is 33.0. The average molecular weight is 557 g/mol. The second-order valence-corrected chi connectivity index (χ2v) is 8.82. The largest absolute Gasteiger partial charge is 0.466 e. The maximum Gasteiger partial charge on any atom is 0.466 e. The molecular weight excluding hydrogens is 536 g/mol. The normalized spacial score (nSPS) is 23.0. The van der Waals surface area contributed by atoms with Gasteiger partial charge in [-0.3, -0.25) is 14.3 Å². The number of ether oxygens (including phenoxy) is 1. The van der Waals surface area contributed by atoms with Crippen molar-refractivity contribution in [1.29, 1.82) is 0 Å². The van der Waals surface area contributed by atoms with Crippen molar-refractivity contribution in [3.8, 4) is 0 Å². The summed E-state index contributed by atoms with van der Waals surface area (Å²) in [5.41, 5.74) is -1.21. The molecule has 23 heteroatoms. The van der Waals surface area contributed by atoms with Crippen LogP contribution in [0.3, 0.4) is 0 Å². The smallest absolute Gasteiger partial charge is 0.394 e. The molecule has 1 fully saturated rings. The molecule has 0 aliphatic carbocycles. The molecule has 0 unspecified atom stereocenters. The monoisotopic (exact) mass is 556 g/mol. The fourth-order valence-electron chi connectivity index (χ4n) is 1.71. The van der Waals surface area contributed by atoms with Gasteiger partial charge in [0.2, 0.25) is 0 Å². The van der Waals surface area contributed by atoms with Gasteiger partial charge in [0.15, 0.2) is 6.23 Å². The van der Waals surface area contributed by atoms with Crippen LogP contribution in [-0.4, -0.2) is 88.0 Å². The second-order valence-electron chi connectivity index (χ2n) is 5.24. The van der Waals surface area contributed by atoms with Crippen LogP contribution in [0.4, 0.5) is 0 Å². The minimum Gasteiger partial charge on any atom is -0.394 e. The molecule has 1 aliphatic heterocycles. The Morgan fingerprint density at radius 2 is 1.31 bits per heavy atom. The standard InChI is InChI=1S/C9H11ClN2O5.3H3O4P/c10-6-7(15)4(3-13)17-8(6)12-2-1-5(14)11-9(12)16;3*1-5(2,3)4/h1-2,4,6-8,13,15H,3H2,(H,11,14,16);3*(H3,1,2,3,4)/t4-,6+,7-,8-;;;/m1.../s1. The van der Waals surface area contributed by atoms with Gasteiger partial charge in [0.25, 0.3) is 5.56 Å². The summed E-state index contributed by atoms with van der Waals surface area (Å²) in [5, 5.41) is 17.7. The van der Waals surface area contributed by atoms with Crippen molar-refractivity contribution in [1.82, 2.24) is 9.55 Å². The highest BCUT2D eigenvalue weighted by Crippen LogP contribution is 2.32. The number of halogens is 1. The van der Waals surface area contributed by atoms with E-state index in [0.29, 0.717) is 0 Å². The molecule has 0 saturated carbocycles. The van der Waals surface area contributed by atoms with Gasteiger partial charge >= 0.3 is 29.2 Å². The average Bonchev–Trinajstić information content (AvgIpc) is 2.78. The summed E-state index contributed by atoms with van der Waals surface area (Å²) in [7, 11) is -13.9. The number of H-pyrrole nitrogens is 1. The predicted molar refractivity (Wildman–Crippen MR) is 101 cm³/mol. The highest BCUT2D eigenvalue weighted by Gasteiger charge is 2.43. The van der Waals surface area contributed by atoms with Crippen LogP contribution < -0.4 is 11.2 Å². The first-order chi connectivity index (χ1) is 14.0. The molecule has 0 spiro atoms. The van der Waals surface area contributed by atoms with Crippen molar-refractivity contribution in [2.75, 3.05) is 6.61 Å². The van der Waals surface area contributed by atoms with E-state index in [-0.39, 0.29) is 0 Å². The molecule has 0 aromatic carbocycles. The van der Waals surface area contributed by atoms with Crippen LogP contribution in [0.1, 0.15) is 6.23 Å². The molecule has 190 valence electrons. The van der Waals surface area contributed by atoms with Gasteiger partial charge in [0.1, 0.15) is 17.6 Å². The van der Waals surface area contributed by atoms with E-state index in [2.05, 4.69) is 4.98 Å². The van der Waals surface area contributed by atoms with E-state index < -0.39 is 65.1 Å². The van der Waals surface area contributed by atoms with E-state index >= 15 is 0 Å². The number of hydrogen-bond acceptors (Lipinski definition) is 8.